The highest BCUT2D eigenvalue weighted by atomic mass is 15.2. The molecule has 1 heterocycles. The quantitative estimate of drug-likeness (QED) is 0.786. The lowest BCUT2D eigenvalue weighted by atomic mass is 9.95. The van der Waals surface area contributed by atoms with Gasteiger partial charge in [-0.15, -0.1) is 6.58 Å². The summed E-state index contributed by atoms with van der Waals surface area (Å²) in [7, 11) is 0. The maximum absolute atomic E-state index is 4.39. The third-order valence-corrected chi connectivity index (χ3v) is 4.09. The second-order valence-corrected chi connectivity index (χ2v) is 5.12. The largest absolute Gasteiger partial charge is 0.353 e. The molecule has 3 atom stereocenters. The molecule has 3 heteroatoms. The molecule has 2 bridgehead atoms. The molecular formula is C13H19N3. The number of aromatic nitrogens is 2. The average Bonchev–Trinajstić information content (AvgIpc) is 2.96. The molecule has 1 aromatic rings. The number of nitrogens with zero attached hydrogens (tertiary/aromatic N) is 2. The second-order valence-electron chi connectivity index (χ2n) is 5.12. The molecule has 2 fully saturated rings. The Balaban J connectivity index is 1.69. The second kappa shape index (κ2) is 3.96. The highest BCUT2D eigenvalue weighted by Crippen LogP contribution is 2.45. The number of imidazole rings is 1. The van der Waals surface area contributed by atoms with Crippen LogP contribution in [-0.4, -0.2) is 15.6 Å². The number of allylic oxidation sites excluding steroid dienone is 1. The minimum Gasteiger partial charge on any atom is -0.353 e. The van der Waals surface area contributed by atoms with Gasteiger partial charge < -0.3 is 9.88 Å². The Bertz CT molecular complexity index is 382. The summed E-state index contributed by atoms with van der Waals surface area (Å²) in [5.74, 6) is 2.88. The molecule has 0 spiro atoms. The van der Waals surface area contributed by atoms with Crippen molar-refractivity contribution in [3.05, 3.63) is 25.0 Å². The molecule has 86 valence electrons. The first-order valence-corrected chi connectivity index (χ1v) is 6.25. The van der Waals surface area contributed by atoms with Gasteiger partial charge in [-0.1, -0.05) is 12.5 Å². The van der Waals surface area contributed by atoms with E-state index in [2.05, 4.69) is 21.4 Å². The minimum atomic E-state index is 0.657. The number of hydrogen-bond donors (Lipinski definition) is 1. The molecule has 2 aliphatic rings. The summed E-state index contributed by atoms with van der Waals surface area (Å²) >= 11 is 0. The Morgan fingerprint density at radius 1 is 1.50 bits per heavy atom. The molecule has 16 heavy (non-hydrogen) atoms. The fourth-order valence-corrected chi connectivity index (χ4v) is 3.32. The summed E-state index contributed by atoms with van der Waals surface area (Å²) in [6.45, 7) is 4.61. The van der Waals surface area contributed by atoms with Crippen molar-refractivity contribution in [2.45, 2.75) is 38.3 Å². The van der Waals surface area contributed by atoms with Gasteiger partial charge in [-0.25, -0.2) is 4.98 Å². The van der Waals surface area contributed by atoms with E-state index < -0.39 is 0 Å². The molecule has 3 nitrogen and oxygen atoms in total. The van der Waals surface area contributed by atoms with Crippen molar-refractivity contribution in [2.75, 3.05) is 5.32 Å². The van der Waals surface area contributed by atoms with Crippen molar-refractivity contribution in [3.63, 3.8) is 0 Å². The van der Waals surface area contributed by atoms with Crippen LogP contribution >= 0.6 is 0 Å². The zero-order chi connectivity index (χ0) is 11.0. The van der Waals surface area contributed by atoms with E-state index in [0.717, 1.165) is 24.3 Å². The van der Waals surface area contributed by atoms with E-state index in [1.807, 2.05) is 18.5 Å². The van der Waals surface area contributed by atoms with E-state index in [4.69, 9.17) is 0 Å². The van der Waals surface area contributed by atoms with Gasteiger partial charge in [0, 0.05) is 25.0 Å². The molecule has 2 saturated carbocycles. The summed E-state index contributed by atoms with van der Waals surface area (Å²) in [5, 5.41) is 3.61. The van der Waals surface area contributed by atoms with Gasteiger partial charge in [0.2, 0.25) is 5.95 Å². The first-order chi connectivity index (χ1) is 7.86. The van der Waals surface area contributed by atoms with Crippen LogP contribution in [0.2, 0.25) is 0 Å². The minimum absolute atomic E-state index is 0.657. The van der Waals surface area contributed by atoms with Crippen LogP contribution in [0.25, 0.3) is 0 Å². The van der Waals surface area contributed by atoms with E-state index in [1.165, 1.54) is 25.7 Å². The molecule has 0 saturated heterocycles. The maximum Gasteiger partial charge on any atom is 0.203 e. The summed E-state index contributed by atoms with van der Waals surface area (Å²) in [5.41, 5.74) is 0. The first kappa shape index (κ1) is 9.94. The zero-order valence-corrected chi connectivity index (χ0v) is 9.60. The molecule has 1 aromatic heterocycles. The lowest BCUT2D eigenvalue weighted by Crippen LogP contribution is -2.27. The molecular weight excluding hydrogens is 198 g/mol. The number of hydrogen-bond acceptors (Lipinski definition) is 2. The molecule has 3 rings (SSSR count). The Morgan fingerprint density at radius 2 is 2.44 bits per heavy atom. The van der Waals surface area contributed by atoms with Gasteiger partial charge in [0.25, 0.3) is 0 Å². The van der Waals surface area contributed by atoms with E-state index in [9.17, 15) is 0 Å². The molecule has 0 radical (unpaired) electrons. The lowest BCUT2D eigenvalue weighted by Gasteiger charge is -2.23. The lowest BCUT2D eigenvalue weighted by molar-refractivity contribution is 0.436. The highest BCUT2D eigenvalue weighted by molar-refractivity contribution is 5.29. The fraction of sp³-hybridized carbons (Fsp3) is 0.615. The van der Waals surface area contributed by atoms with E-state index in [-0.39, 0.29) is 0 Å². The van der Waals surface area contributed by atoms with Gasteiger partial charge in [-0.05, 0) is 31.1 Å². The third-order valence-electron chi connectivity index (χ3n) is 4.09. The zero-order valence-electron chi connectivity index (χ0n) is 9.60. The number of fused-ring (bicyclic) bond motifs is 2. The van der Waals surface area contributed by atoms with Gasteiger partial charge in [0.15, 0.2) is 0 Å². The van der Waals surface area contributed by atoms with Crippen LogP contribution in [0.5, 0.6) is 0 Å². The Kier molecular flexibility index (Phi) is 2.46. The van der Waals surface area contributed by atoms with Crippen LogP contribution in [0.3, 0.4) is 0 Å². The molecule has 3 unspecified atom stereocenters. The van der Waals surface area contributed by atoms with Gasteiger partial charge >= 0.3 is 0 Å². The van der Waals surface area contributed by atoms with Gasteiger partial charge in [0.05, 0.1) is 0 Å². The molecule has 0 aliphatic heterocycles. The Labute approximate surface area is 96.6 Å². The summed E-state index contributed by atoms with van der Waals surface area (Å²) in [6.07, 6.45) is 11.4. The standard InChI is InChI=1S/C13H19N3/c1-2-6-16-7-5-14-13(16)15-12-9-10-3-4-11(12)8-10/h2,5,7,10-12H,1,3-4,6,8-9H2,(H,14,15). The van der Waals surface area contributed by atoms with Crippen molar-refractivity contribution < 1.29 is 0 Å². The number of anilines is 1. The highest BCUT2D eigenvalue weighted by Gasteiger charge is 2.39. The topological polar surface area (TPSA) is 29.9 Å². The first-order valence-electron chi connectivity index (χ1n) is 6.25. The van der Waals surface area contributed by atoms with Crippen molar-refractivity contribution in [2.24, 2.45) is 11.8 Å². The van der Waals surface area contributed by atoms with Crippen molar-refractivity contribution in [3.8, 4) is 0 Å². The Morgan fingerprint density at radius 3 is 3.12 bits per heavy atom. The van der Waals surface area contributed by atoms with Crippen molar-refractivity contribution in [1.29, 1.82) is 0 Å². The molecule has 1 N–H and O–H groups in total. The van der Waals surface area contributed by atoms with Crippen LogP contribution in [0, 0.1) is 11.8 Å². The summed E-state index contributed by atoms with van der Waals surface area (Å²) in [6, 6.07) is 0.657. The van der Waals surface area contributed by atoms with Crippen LogP contribution in [0.15, 0.2) is 25.0 Å². The molecule has 2 aliphatic carbocycles. The number of rotatable bonds is 4. The van der Waals surface area contributed by atoms with Gasteiger partial charge in [-0.2, -0.15) is 0 Å². The molecule has 0 amide bonds. The van der Waals surface area contributed by atoms with Crippen LogP contribution in [0.4, 0.5) is 5.95 Å². The summed E-state index contributed by atoms with van der Waals surface area (Å²) in [4.78, 5) is 4.39. The van der Waals surface area contributed by atoms with E-state index in [1.54, 1.807) is 0 Å². The van der Waals surface area contributed by atoms with Crippen LogP contribution in [-0.2, 0) is 6.54 Å². The normalized spacial score (nSPS) is 31.9. The fourth-order valence-electron chi connectivity index (χ4n) is 3.32. The van der Waals surface area contributed by atoms with Crippen molar-refractivity contribution >= 4 is 5.95 Å². The smallest absolute Gasteiger partial charge is 0.203 e. The molecule has 0 aromatic carbocycles. The monoisotopic (exact) mass is 217 g/mol. The Hall–Kier alpha value is -1.25. The van der Waals surface area contributed by atoms with E-state index >= 15 is 0 Å². The van der Waals surface area contributed by atoms with Gasteiger partial charge in [0.1, 0.15) is 0 Å². The van der Waals surface area contributed by atoms with E-state index in [0.29, 0.717) is 6.04 Å². The maximum atomic E-state index is 4.39. The average molecular weight is 217 g/mol. The SMILES string of the molecule is C=CCn1ccnc1NC1CC2CCC1C2. The summed E-state index contributed by atoms with van der Waals surface area (Å²) < 4.78 is 2.12. The van der Waals surface area contributed by atoms with Crippen LogP contribution in [0.1, 0.15) is 25.7 Å². The third kappa shape index (κ3) is 1.64. The predicted molar refractivity (Wildman–Crippen MR) is 65.3 cm³/mol. The predicted octanol–water partition coefficient (Wildman–Crippen LogP) is 2.67. The van der Waals surface area contributed by atoms with Gasteiger partial charge in [-0.3, -0.25) is 0 Å². The van der Waals surface area contributed by atoms with Crippen LogP contribution < -0.4 is 5.32 Å². The van der Waals surface area contributed by atoms with Crippen molar-refractivity contribution in [1.82, 2.24) is 9.55 Å². The number of nitrogens with one attached hydrogen (secondary N) is 1.